The van der Waals surface area contributed by atoms with E-state index in [9.17, 15) is 9.59 Å². The van der Waals surface area contributed by atoms with Gasteiger partial charge in [-0.2, -0.15) is 5.10 Å². The highest BCUT2D eigenvalue weighted by Gasteiger charge is 2.14. The Hall–Kier alpha value is -2.12. The van der Waals surface area contributed by atoms with Crippen molar-refractivity contribution < 1.29 is 14.3 Å². The molecule has 1 amide bonds. The number of nitrogens with one attached hydrogen (secondary N) is 1. The van der Waals surface area contributed by atoms with Gasteiger partial charge in [-0.05, 0) is 38.5 Å². The zero-order chi connectivity index (χ0) is 19.1. The zero-order valence-electron chi connectivity index (χ0n) is 14.6. The number of benzene rings is 1. The van der Waals surface area contributed by atoms with Crippen molar-refractivity contribution in [1.82, 2.24) is 20.1 Å². The van der Waals surface area contributed by atoms with Crippen molar-refractivity contribution in [3.05, 3.63) is 34.1 Å². The van der Waals surface area contributed by atoms with Crippen LogP contribution in [-0.4, -0.2) is 39.8 Å². The molecule has 0 aliphatic heterocycles. The van der Waals surface area contributed by atoms with Gasteiger partial charge in [-0.15, -0.1) is 0 Å². The van der Waals surface area contributed by atoms with E-state index in [0.29, 0.717) is 41.3 Å². The number of esters is 1. The number of rotatable bonds is 8. The van der Waals surface area contributed by atoms with Gasteiger partial charge in [-0.1, -0.05) is 23.2 Å². The SMILES string of the molecule is CCOC(=O)CCCNC(=O)Cn1nc(C)nc1-c1ccc(Cl)c(Cl)c1. The quantitative estimate of drug-likeness (QED) is 0.545. The van der Waals surface area contributed by atoms with Crippen LogP contribution in [0.3, 0.4) is 0 Å². The predicted octanol–water partition coefficient (Wildman–Crippen LogP) is 3.02. The molecule has 1 aromatic heterocycles. The molecule has 0 saturated heterocycles. The van der Waals surface area contributed by atoms with E-state index in [2.05, 4.69) is 15.4 Å². The second-order valence-corrected chi connectivity index (χ2v) is 6.34. The van der Waals surface area contributed by atoms with Crippen LogP contribution in [0.15, 0.2) is 18.2 Å². The molecule has 0 saturated carbocycles. The lowest BCUT2D eigenvalue weighted by molar-refractivity contribution is -0.143. The molecule has 0 bridgehead atoms. The van der Waals surface area contributed by atoms with Crippen LogP contribution in [-0.2, 0) is 20.9 Å². The molecule has 7 nitrogen and oxygen atoms in total. The summed E-state index contributed by atoms with van der Waals surface area (Å²) in [6.07, 6.45) is 0.783. The lowest BCUT2D eigenvalue weighted by atomic mass is 10.2. The number of carbonyl (C=O) groups excluding carboxylic acids is 2. The Balaban J connectivity index is 1.96. The molecule has 0 fully saturated rings. The maximum absolute atomic E-state index is 12.1. The summed E-state index contributed by atoms with van der Waals surface area (Å²) in [4.78, 5) is 27.7. The highest BCUT2D eigenvalue weighted by Crippen LogP contribution is 2.27. The van der Waals surface area contributed by atoms with Crippen LogP contribution in [0.1, 0.15) is 25.6 Å². The summed E-state index contributed by atoms with van der Waals surface area (Å²) in [7, 11) is 0. The van der Waals surface area contributed by atoms with Crippen molar-refractivity contribution in [2.24, 2.45) is 0 Å². The van der Waals surface area contributed by atoms with E-state index in [0.717, 1.165) is 5.56 Å². The molecule has 140 valence electrons. The van der Waals surface area contributed by atoms with Gasteiger partial charge in [0.05, 0.1) is 16.7 Å². The van der Waals surface area contributed by atoms with Crippen molar-refractivity contribution in [3.63, 3.8) is 0 Å². The maximum Gasteiger partial charge on any atom is 0.305 e. The minimum absolute atomic E-state index is 0.00975. The van der Waals surface area contributed by atoms with E-state index in [-0.39, 0.29) is 24.8 Å². The second kappa shape index (κ2) is 9.54. The molecule has 1 N–H and O–H groups in total. The van der Waals surface area contributed by atoms with Crippen molar-refractivity contribution in [2.45, 2.75) is 33.2 Å². The van der Waals surface area contributed by atoms with E-state index in [1.54, 1.807) is 32.0 Å². The Morgan fingerprint density at radius 2 is 2.04 bits per heavy atom. The van der Waals surface area contributed by atoms with Crippen LogP contribution in [0.4, 0.5) is 0 Å². The molecule has 9 heteroatoms. The van der Waals surface area contributed by atoms with Crippen LogP contribution in [0, 0.1) is 6.92 Å². The largest absolute Gasteiger partial charge is 0.466 e. The lowest BCUT2D eigenvalue weighted by Crippen LogP contribution is -2.29. The van der Waals surface area contributed by atoms with E-state index in [1.165, 1.54) is 4.68 Å². The van der Waals surface area contributed by atoms with Crippen LogP contribution in [0.5, 0.6) is 0 Å². The Kier molecular flexibility index (Phi) is 7.41. The summed E-state index contributed by atoms with van der Waals surface area (Å²) in [5.41, 5.74) is 0.718. The first-order valence-electron chi connectivity index (χ1n) is 8.20. The number of aromatic nitrogens is 3. The first-order valence-corrected chi connectivity index (χ1v) is 8.95. The summed E-state index contributed by atoms with van der Waals surface area (Å²) < 4.78 is 6.35. The van der Waals surface area contributed by atoms with E-state index in [1.807, 2.05) is 0 Å². The fourth-order valence-electron chi connectivity index (χ4n) is 2.30. The molecule has 0 aliphatic rings. The van der Waals surface area contributed by atoms with Crippen molar-refractivity contribution >= 4 is 35.1 Å². The topological polar surface area (TPSA) is 86.1 Å². The third-order valence-electron chi connectivity index (χ3n) is 3.43. The predicted molar refractivity (Wildman–Crippen MR) is 99.1 cm³/mol. The Labute approximate surface area is 161 Å². The van der Waals surface area contributed by atoms with Crippen molar-refractivity contribution in [2.75, 3.05) is 13.2 Å². The van der Waals surface area contributed by atoms with Gasteiger partial charge < -0.3 is 10.1 Å². The first kappa shape index (κ1) is 20.2. The van der Waals surface area contributed by atoms with Crippen LogP contribution >= 0.6 is 23.2 Å². The summed E-state index contributed by atoms with van der Waals surface area (Å²) in [6, 6.07) is 5.12. The summed E-state index contributed by atoms with van der Waals surface area (Å²) in [6.45, 7) is 4.25. The van der Waals surface area contributed by atoms with Gasteiger partial charge in [0.25, 0.3) is 0 Å². The van der Waals surface area contributed by atoms with Gasteiger partial charge >= 0.3 is 5.97 Å². The number of carbonyl (C=O) groups is 2. The number of hydrogen-bond acceptors (Lipinski definition) is 5. The van der Waals surface area contributed by atoms with Gasteiger partial charge in [0.2, 0.25) is 5.91 Å². The third kappa shape index (κ3) is 5.71. The van der Waals surface area contributed by atoms with Gasteiger partial charge in [-0.3, -0.25) is 9.59 Å². The molecule has 1 heterocycles. The zero-order valence-corrected chi connectivity index (χ0v) is 16.1. The molecular formula is C17H20Cl2N4O3. The molecule has 0 spiro atoms. The summed E-state index contributed by atoms with van der Waals surface area (Å²) in [5.74, 6) is 0.583. The molecule has 2 aromatic rings. The molecule has 1 aromatic carbocycles. The molecule has 0 radical (unpaired) electrons. The van der Waals surface area contributed by atoms with Gasteiger partial charge in [-0.25, -0.2) is 9.67 Å². The molecule has 0 atom stereocenters. The number of aryl methyl sites for hydroxylation is 1. The van der Waals surface area contributed by atoms with Crippen LogP contribution < -0.4 is 5.32 Å². The molecule has 26 heavy (non-hydrogen) atoms. The van der Waals surface area contributed by atoms with Crippen molar-refractivity contribution in [1.29, 1.82) is 0 Å². The highest BCUT2D eigenvalue weighted by molar-refractivity contribution is 6.42. The van der Waals surface area contributed by atoms with Crippen LogP contribution in [0.2, 0.25) is 10.0 Å². The highest BCUT2D eigenvalue weighted by atomic mass is 35.5. The third-order valence-corrected chi connectivity index (χ3v) is 4.17. The van der Waals surface area contributed by atoms with E-state index in [4.69, 9.17) is 27.9 Å². The number of halogens is 2. The Morgan fingerprint density at radius 1 is 1.27 bits per heavy atom. The minimum Gasteiger partial charge on any atom is -0.466 e. The summed E-state index contributed by atoms with van der Waals surface area (Å²) in [5, 5.41) is 7.85. The van der Waals surface area contributed by atoms with Gasteiger partial charge in [0.15, 0.2) is 5.82 Å². The fraction of sp³-hybridized carbons (Fsp3) is 0.412. The van der Waals surface area contributed by atoms with Gasteiger partial charge in [0, 0.05) is 18.5 Å². The maximum atomic E-state index is 12.1. The van der Waals surface area contributed by atoms with Crippen LogP contribution in [0.25, 0.3) is 11.4 Å². The van der Waals surface area contributed by atoms with E-state index < -0.39 is 0 Å². The molecule has 2 rings (SSSR count). The minimum atomic E-state index is -0.268. The first-order chi connectivity index (χ1) is 12.4. The number of amides is 1. The Morgan fingerprint density at radius 3 is 2.73 bits per heavy atom. The number of ether oxygens (including phenoxy) is 1. The smallest absolute Gasteiger partial charge is 0.305 e. The monoisotopic (exact) mass is 398 g/mol. The number of hydrogen-bond donors (Lipinski definition) is 1. The lowest BCUT2D eigenvalue weighted by Gasteiger charge is -2.08. The molecule has 0 aliphatic carbocycles. The second-order valence-electron chi connectivity index (χ2n) is 5.53. The molecule has 0 unspecified atom stereocenters. The summed E-state index contributed by atoms with van der Waals surface area (Å²) >= 11 is 12.0. The van der Waals surface area contributed by atoms with E-state index >= 15 is 0 Å². The van der Waals surface area contributed by atoms with Crippen molar-refractivity contribution in [3.8, 4) is 11.4 Å². The average Bonchev–Trinajstić information content (AvgIpc) is 2.94. The normalized spacial score (nSPS) is 10.6. The standard InChI is InChI=1S/C17H20Cl2N4O3/c1-3-26-16(25)5-4-8-20-15(24)10-23-17(21-11(2)22-23)12-6-7-13(18)14(19)9-12/h6-7,9H,3-5,8,10H2,1-2H3,(H,20,24). The van der Waals surface area contributed by atoms with Gasteiger partial charge in [0.1, 0.15) is 12.4 Å². The molecular weight excluding hydrogens is 379 g/mol. The fourth-order valence-corrected chi connectivity index (χ4v) is 2.60. The Bertz CT molecular complexity index is 792. The number of nitrogens with zero attached hydrogens (tertiary/aromatic N) is 3. The average molecular weight is 399 g/mol.